The molecule has 3 aromatic carbocycles. The number of hydrogen-bond acceptors (Lipinski definition) is 7. The van der Waals surface area contributed by atoms with Gasteiger partial charge in [-0.25, -0.2) is 9.78 Å². The number of nitrogens with zero attached hydrogens (tertiary/aromatic N) is 4. The highest BCUT2D eigenvalue weighted by Crippen LogP contribution is 2.42. The number of alkyl halides is 3. The number of ether oxygens (including phenoxy) is 4. The summed E-state index contributed by atoms with van der Waals surface area (Å²) in [7, 11) is 1.25. The molecule has 45 heavy (non-hydrogen) atoms. The standard InChI is InChI=1S/C31H27ClF4N4O5/c1-4-39-25(17-43-16-19-8-6-5-7-9-19)38-40(30(39)41)21-14-20-12-13-37-29(26(20)24(15-21)44-18(2)31(34,35)36)45-28-22(32)10-11-23(42-3)27(28)33/h5-15,18H,4,16-17H2,1-3H3. The molecule has 2 heterocycles. The summed E-state index contributed by atoms with van der Waals surface area (Å²) < 4.78 is 80.4. The molecular weight excluding hydrogens is 620 g/mol. The molecule has 0 N–H and O–H groups in total. The summed E-state index contributed by atoms with van der Waals surface area (Å²) in [6.07, 6.45) is -5.70. The molecule has 0 spiro atoms. The summed E-state index contributed by atoms with van der Waals surface area (Å²) >= 11 is 6.18. The zero-order chi connectivity index (χ0) is 32.3. The fourth-order valence-electron chi connectivity index (χ4n) is 4.51. The quantitative estimate of drug-likeness (QED) is 0.140. The van der Waals surface area contributed by atoms with Gasteiger partial charge >= 0.3 is 11.9 Å². The van der Waals surface area contributed by atoms with Crippen LogP contribution in [0, 0.1) is 5.82 Å². The monoisotopic (exact) mass is 646 g/mol. The van der Waals surface area contributed by atoms with E-state index in [1.54, 1.807) is 6.92 Å². The Bertz CT molecular complexity index is 1880. The van der Waals surface area contributed by atoms with Crippen molar-refractivity contribution in [3.63, 3.8) is 0 Å². The number of aromatic nitrogens is 4. The van der Waals surface area contributed by atoms with Gasteiger partial charge < -0.3 is 18.9 Å². The molecule has 5 rings (SSSR count). The molecule has 0 saturated carbocycles. The molecular formula is C31H27ClF4N4O5. The smallest absolute Gasteiger partial charge is 0.425 e. The minimum absolute atomic E-state index is 0.00178. The minimum Gasteiger partial charge on any atom is -0.494 e. The van der Waals surface area contributed by atoms with Crippen molar-refractivity contribution in [2.24, 2.45) is 0 Å². The van der Waals surface area contributed by atoms with E-state index in [0.717, 1.165) is 17.2 Å². The Labute approximate surface area is 259 Å². The van der Waals surface area contributed by atoms with Crippen LogP contribution >= 0.6 is 11.6 Å². The summed E-state index contributed by atoms with van der Waals surface area (Å²) in [6.45, 7) is 3.13. The Morgan fingerprint density at radius 3 is 2.47 bits per heavy atom. The van der Waals surface area contributed by atoms with E-state index in [4.69, 9.17) is 30.5 Å². The van der Waals surface area contributed by atoms with Crippen LogP contribution in [0.3, 0.4) is 0 Å². The van der Waals surface area contributed by atoms with E-state index in [-0.39, 0.29) is 58.6 Å². The summed E-state index contributed by atoms with van der Waals surface area (Å²) in [6, 6.07) is 16.3. The largest absolute Gasteiger partial charge is 0.494 e. The maximum atomic E-state index is 15.1. The van der Waals surface area contributed by atoms with Gasteiger partial charge in [0.15, 0.2) is 23.4 Å². The van der Waals surface area contributed by atoms with Gasteiger partial charge in [0.1, 0.15) is 12.4 Å². The van der Waals surface area contributed by atoms with Crippen LogP contribution in [0.5, 0.6) is 23.1 Å². The lowest BCUT2D eigenvalue weighted by atomic mass is 10.1. The fraction of sp³-hybridized carbons (Fsp3) is 0.258. The van der Waals surface area contributed by atoms with Gasteiger partial charge in [0.25, 0.3) is 0 Å². The first-order valence-corrected chi connectivity index (χ1v) is 14.1. The molecule has 1 atom stereocenters. The molecule has 9 nitrogen and oxygen atoms in total. The number of benzene rings is 3. The van der Waals surface area contributed by atoms with Crippen molar-refractivity contribution >= 4 is 22.4 Å². The van der Waals surface area contributed by atoms with Gasteiger partial charge in [-0.3, -0.25) is 4.57 Å². The van der Waals surface area contributed by atoms with Crippen molar-refractivity contribution in [2.75, 3.05) is 7.11 Å². The average molecular weight is 647 g/mol. The molecule has 0 amide bonds. The molecule has 0 radical (unpaired) electrons. The topological polar surface area (TPSA) is 89.6 Å². The number of pyridine rings is 1. The van der Waals surface area contributed by atoms with Gasteiger partial charge in [-0.2, -0.15) is 22.2 Å². The Hall–Kier alpha value is -4.62. The molecule has 14 heteroatoms. The molecule has 2 aromatic heterocycles. The third-order valence-electron chi connectivity index (χ3n) is 6.82. The van der Waals surface area contributed by atoms with Crippen molar-refractivity contribution in [1.82, 2.24) is 19.3 Å². The van der Waals surface area contributed by atoms with Gasteiger partial charge in [-0.15, -0.1) is 5.10 Å². The number of methoxy groups -OCH3 is 1. The molecule has 5 aromatic rings. The third kappa shape index (κ3) is 6.74. The lowest BCUT2D eigenvalue weighted by Gasteiger charge is -2.20. The van der Waals surface area contributed by atoms with E-state index in [1.165, 1.54) is 48.2 Å². The SMILES string of the molecule is CCn1c(COCc2ccccc2)nn(-c2cc(OC(C)C(F)(F)F)c3c(Oc4c(Cl)ccc(OC)c4F)nccc3c2)c1=O. The van der Waals surface area contributed by atoms with E-state index < -0.39 is 29.5 Å². The van der Waals surface area contributed by atoms with Crippen LogP contribution in [-0.4, -0.2) is 38.7 Å². The molecule has 0 fully saturated rings. The number of halogens is 5. The van der Waals surface area contributed by atoms with Crippen molar-refractivity contribution < 1.29 is 36.5 Å². The molecule has 0 aliphatic heterocycles. The third-order valence-corrected chi connectivity index (χ3v) is 7.11. The number of hydrogen-bond donors (Lipinski definition) is 0. The average Bonchev–Trinajstić information content (AvgIpc) is 3.33. The predicted molar refractivity (Wildman–Crippen MR) is 158 cm³/mol. The Balaban J connectivity index is 1.60. The molecule has 0 saturated heterocycles. The van der Waals surface area contributed by atoms with Crippen molar-refractivity contribution in [3.05, 3.63) is 99.6 Å². The molecule has 236 valence electrons. The molecule has 0 bridgehead atoms. The van der Waals surface area contributed by atoms with Crippen LogP contribution in [0.25, 0.3) is 16.5 Å². The Morgan fingerprint density at radius 2 is 1.78 bits per heavy atom. The predicted octanol–water partition coefficient (Wildman–Crippen LogP) is 7.24. The zero-order valence-electron chi connectivity index (χ0n) is 24.3. The molecule has 0 aliphatic rings. The highest BCUT2D eigenvalue weighted by atomic mass is 35.5. The lowest BCUT2D eigenvalue weighted by molar-refractivity contribution is -0.189. The second-order valence-corrected chi connectivity index (χ2v) is 10.2. The minimum atomic E-state index is -4.74. The first kappa shape index (κ1) is 31.8. The Kier molecular flexibility index (Phi) is 9.30. The summed E-state index contributed by atoms with van der Waals surface area (Å²) in [5, 5.41) is 4.54. The van der Waals surface area contributed by atoms with Crippen molar-refractivity contribution in [2.45, 2.75) is 45.9 Å². The highest BCUT2D eigenvalue weighted by Gasteiger charge is 2.38. The fourth-order valence-corrected chi connectivity index (χ4v) is 4.69. The second kappa shape index (κ2) is 13.2. The lowest BCUT2D eigenvalue weighted by Crippen LogP contribution is -2.31. The maximum Gasteiger partial charge on any atom is 0.425 e. The van der Waals surface area contributed by atoms with Gasteiger partial charge in [0, 0.05) is 18.8 Å². The van der Waals surface area contributed by atoms with Gasteiger partial charge in [0.05, 0.1) is 29.8 Å². The van der Waals surface area contributed by atoms with E-state index in [2.05, 4.69) is 10.1 Å². The summed E-state index contributed by atoms with van der Waals surface area (Å²) in [4.78, 5) is 17.5. The van der Waals surface area contributed by atoms with Crippen LogP contribution in [-0.2, 0) is 24.5 Å². The first-order valence-electron chi connectivity index (χ1n) is 13.7. The number of fused-ring (bicyclic) bond motifs is 1. The van der Waals surface area contributed by atoms with Crippen LogP contribution < -0.4 is 19.9 Å². The van der Waals surface area contributed by atoms with Crippen LogP contribution in [0.2, 0.25) is 5.02 Å². The summed E-state index contributed by atoms with van der Waals surface area (Å²) in [5.74, 6) is -1.88. The zero-order valence-corrected chi connectivity index (χ0v) is 25.0. The van der Waals surface area contributed by atoms with Crippen LogP contribution in [0.15, 0.2) is 71.7 Å². The van der Waals surface area contributed by atoms with Gasteiger partial charge in [0.2, 0.25) is 11.7 Å². The van der Waals surface area contributed by atoms with Gasteiger partial charge in [-0.05, 0) is 49.1 Å². The van der Waals surface area contributed by atoms with Gasteiger partial charge in [-0.1, -0.05) is 41.9 Å². The highest BCUT2D eigenvalue weighted by molar-refractivity contribution is 6.32. The second-order valence-electron chi connectivity index (χ2n) is 9.79. The van der Waals surface area contributed by atoms with E-state index >= 15 is 4.39 Å². The Morgan fingerprint density at radius 1 is 1.02 bits per heavy atom. The van der Waals surface area contributed by atoms with Crippen molar-refractivity contribution in [1.29, 1.82) is 0 Å². The maximum absolute atomic E-state index is 15.1. The van der Waals surface area contributed by atoms with Crippen molar-refractivity contribution in [3.8, 4) is 28.8 Å². The normalized spacial score (nSPS) is 12.4. The van der Waals surface area contributed by atoms with E-state index in [9.17, 15) is 18.0 Å². The summed E-state index contributed by atoms with van der Waals surface area (Å²) in [5.41, 5.74) is 0.496. The van der Waals surface area contributed by atoms with E-state index in [1.807, 2.05) is 30.3 Å². The van der Waals surface area contributed by atoms with Crippen LogP contribution in [0.1, 0.15) is 25.2 Å². The first-order chi connectivity index (χ1) is 21.5. The van der Waals surface area contributed by atoms with E-state index in [0.29, 0.717) is 5.82 Å². The van der Waals surface area contributed by atoms with Crippen LogP contribution in [0.4, 0.5) is 17.6 Å². The number of rotatable bonds is 11. The molecule has 1 unspecified atom stereocenters. The molecule has 0 aliphatic carbocycles.